The Bertz CT molecular complexity index is 1280. The number of ether oxygens (including phenoxy) is 2. The number of sulfone groups is 1. The van der Waals surface area contributed by atoms with Gasteiger partial charge in [-0.25, -0.2) is 8.42 Å². The summed E-state index contributed by atoms with van der Waals surface area (Å²) >= 11 is 0. The highest BCUT2D eigenvalue weighted by atomic mass is 32.2. The molecule has 2 aliphatic heterocycles. The molecule has 5 rings (SSSR count). The van der Waals surface area contributed by atoms with Crippen LogP contribution >= 0.6 is 0 Å². The molecule has 1 fully saturated rings. The molecule has 32 heavy (non-hydrogen) atoms. The lowest BCUT2D eigenvalue weighted by Crippen LogP contribution is -2.52. The molecule has 3 aromatic rings. The summed E-state index contributed by atoms with van der Waals surface area (Å²) in [5.41, 5.74) is 2.53. The largest absolute Gasteiger partial charge is 0.573 e. The molecule has 1 unspecified atom stereocenters. The summed E-state index contributed by atoms with van der Waals surface area (Å²) in [6.07, 6.45) is -2.25. The smallest absolute Gasteiger partial charge is 0.406 e. The lowest BCUT2D eigenvalue weighted by Gasteiger charge is -2.41. The van der Waals surface area contributed by atoms with E-state index in [2.05, 4.69) is 15.0 Å². The average molecular weight is 466 g/mol. The first kappa shape index (κ1) is 21.3. The maximum atomic E-state index is 13.2. The Balaban J connectivity index is 1.55. The van der Waals surface area contributed by atoms with Crippen LogP contribution in [-0.4, -0.2) is 39.5 Å². The Kier molecular flexibility index (Phi) is 4.99. The Morgan fingerprint density at radius 1 is 1.09 bits per heavy atom. The van der Waals surface area contributed by atoms with Crippen LogP contribution in [-0.2, 0) is 26.5 Å². The van der Waals surface area contributed by atoms with Crippen molar-refractivity contribution in [1.29, 1.82) is 0 Å². The van der Waals surface area contributed by atoms with E-state index in [0.717, 1.165) is 61.2 Å². The fourth-order valence-corrected chi connectivity index (χ4v) is 6.01. The van der Waals surface area contributed by atoms with E-state index in [1.807, 2.05) is 0 Å². The molecule has 6 nitrogen and oxygen atoms in total. The van der Waals surface area contributed by atoms with Crippen LogP contribution < -0.4 is 10.1 Å². The number of benzene rings is 2. The van der Waals surface area contributed by atoms with Gasteiger partial charge in [0.25, 0.3) is 0 Å². The highest BCUT2D eigenvalue weighted by molar-refractivity contribution is 7.91. The van der Waals surface area contributed by atoms with Gasteiger partial charge in [-0.3, -0.25) is 0 Å². The number of fused-ring (bicyclic) bond motifs is 4. The zero-order chi connectivity index (χ0) is 22.6. The van der Waals surface area contributed by atoms with Gasteiger partial charge in [0.15, 0.2) is 0 Å². The van der Waals surface area contributed by atoms with Crippen molar-refractivity contribution in [3.8, 4) is 5.75 Å². The summed E-state index contributed by atoms with van der Waals surface area (Å²) in [5, 5.41) is 4.51. The molecule has 0 aliphatic carbocycles. The average Bonchev–Trinajstić information content (AvgIpc) is 3.13. The molecule has 170 valence electrons. The van der Waals surface area contributed by atoms with Gasteiger partial charge in [-0.05, 0) is 55.2 Å². The monoisotopic (exact) mass is 466 g/mol. The summed E-state index contributed by atoms with van der Waals surface area (Å²) in [4.78, 5) is 3.13. The van der Waals surface area contributed by atoms with Gasteiger partial charge >= 0.3 is 6.36 Å². The van der Waals surface area contributed by atoms with Crippen LogP contribution in [0.2, 0.25) is 0 Å². The van der Waals surface area contributed by atoms with E-state index >= 15 is 0 Å². The van der Waals surface area contributed by atoms with Gasteiger partial charge in [-0.1, -0.05) is 12.1 Å². The second kappa shape index (κ2) is 7.50. The van der Waals surface area contributed by atoms with Crippen LogP contribution in [0.3, 0.4) is 0 Å². The van der Waals surface area contributed by atoms with Gasteiger partial charge in [0.2, 0.25) is 9.84 Å². The van der Waals surface area contributed by atoms with E-state index in [1.54, 1.807) is 6.07 Å². The number of alkyl halides is 3. The molecule has 2 aromatic carbocycles. The summed E-state index contributed by atoms with van der Waals surface area (Å²) in [6.45, 7) is 2.07. The quantitative estimate of drug-likeness (QED) is 0.609. The number of nitrogens with one attached hydrogen (secondary N) is 2. The van der Waals surface area contributed by atoms with Gasteiger partial charge in [-0.15, -0.1) is 13.2 Å². The third kappa shape index (κ3) is 3.66. The third-order valence-electron chi connectivity index (χ3n) is 6.09. The van der Waals surface area contributed by atoms with Crippen LogP contribution in [0.5, 0.6) is 5.75 Å². The van der Waals surface area contributed by atoms with Crippen molar-refractivity contribution >= 4 is 20.7 Å². The number of aromatic amines is 1. The van der Waals surface area contributed by atoms with E-state index in [9.17, 15) is 21.6 Å². The van der Waals surface area contributed by atoms with Gasteiger partial charge in [0.05, 0.1) is 21.9 Å². The van der Waals surface area contributed by atoms with Crippen LogP contribution in [0, 0.1) is 0 Å². The lowest BCUT2D eigenvalue weighted by molar-refractivity contribution is -0.274. The van der Waals surface area contributed by atoms with Crippen molar-refractivity contribution in [2.75, 3.05) is 19.8 Å². The minimum absolute atomic E-state index is 0.00495. The maximum Gasteiger partial charge on any atom is 0.573 e. The number of H-pyrrole nitrogens is 1. The summed E-state index contributed by atoms with van der Waals surface area (Å²) in [5.74, 6) is -0.583. The Morgan fingerprint density at radius 2 is 1.91 bits per heavy atom. The van der Waals surface area contributed by atoms with E-state index < -0.39 is 21.9 Å². The minimum atomic E-state index is -4.91. The van der Waals surface area contributed by atoms with Gasteiger partial charge in [0.1, 0.15) is 5.75 Å². The van der Waals surface area contributed by atoms with Gasteiger partial charge in [0, 0.05) is 29.7 Å². The van der Waals surface area contributed by atoms with Gasteiger partial charge < -0.3 is 19.8 Å². The van der Waals surface area contributed by atoms with E-state index in [-0.39, 0.29) is 15.3 Å². The molecule has 10 heteroatoms. The number of halogens is 3. The molecule has 2 aliphatic rings. The lowest BCUT2D eigenvalue weighted by atomic mass is 9.83. The van der Waals surface area contributed by atoms with Crippen molar-refractivity contribution in [2.24, 2.45) is 0 Å². The maximum absolute atomic E-state index is 13.2. The second-order valence-electron chi connectivity index (χ2n) is 8.13. The number of aromatic nitrogens is 1. The van der Waals surface area contributed by atoms with Crippen LogP contribution in [0.15, 0.2) is 52.3 Å². The highest BCUT2D eigenvalue weighted by Gasteiger charge is 2.40. The third-order valence-corrected chi connectivity index (χ3v) is 7.84. The normalized spacial score (nSPS) is 21.6. The SMILES string of the molecule is O=S(=O)(c1cccc(OC(F)(F)F)c1)c1ccc2c3c([nH]c2c1)C1(CCCOC1)NCC3. The molecule has 3 heterocycles. The first-order valence-corrected chi connectivity index (χ1v) is 11.8. The molecule has 1 saturated heterocycles. The van der Waals surface area contributed by atoms with Crippen molar-refractivity contribution in [3.63, 3.8) is 0 Å². The molecule has 1 aromatic heterocycles. The predicted molar refractivity (Wildman–Crippen MR) is 110 cm³/mol. The zero-order valence-corrected chi connectivity index (χ0v) is 17.8. The first-order chi connectivity index (χ1) is 15.2. The minimum Gasteiger partial charge on any atom is -0.406 e. The molecule has 1 spiro atoms. The van der Waals surface area contributed by atoms with Crippen molar-refractivity contribution in [2.45, 2.75) is 41.0 Å². The predicted octanol–water partition coefficient (Wildman–Crippen LogP) is 4.05. The number of hydrogen-bond donors (Lipinski definition) is 2. The topological polar surface area (TPSA) is 80.4 Å². The van der Waals surface area contributed by atoms with Crippen LogP contribution in [0.25, 0.3) is 10.9 Å². The Labute approximate surface area is 182 Å². The van der Waals surface area contributed by atoms with E-state index in [4.69, 9.17) is 4.74 Å². The van der Waals surface area contributed by atoms with Crippen molar-refractivity contribution in [1.82, 2.24) is 10.3 Å². The molecule has 2 N–H and O–H groups in total. The molecule has 0 bridgehead atoms. The zero-order valence-electron chi connectivity index (χ0n) is 17.0. The van der Waals surface area contributed by atoms with Crippen molar-refractivity contribution in [3.05, 3.63) is 53.7 Å². The fourth-order valence-electron chi connectivity index (χ4n) is 4.69. The summed E-state index contributed by atoms with van der Waals surface area (Å²) in [6, 6.07) is 9.21. The standard InChI is InChI=1S/C22H21F3N2O4S/c23-22(24,25)31-14-3-1-4-15(11-14)32(28,29)16-5-6-17-18-7-9-26-21(8-2-10-30-13-21)20(18)27-19(17)12-16/h1,3-6,11-12,26-27H,2,7-10,13H2. The fraction of sp³-hybridized carbons (Fsp3) is 0.364. The van der Waals surface area contributed by atoms with Crippen LogP contribution in [0.1, 0.15) is 24.1 Å². The van der Waals surface area contributed by atoms with E-state index in [1.165, 1.54) is 24.3 Å². The molecule has 0 amide bonds. The Morgan fingerprint density at radius 3 is 2.66 bits per heavy atom. The molecular formula is C22H21F3N2O4S. The Hall–Kier alpha value is -2.56. The summed E-state index contributed by atoms with van der Waals surface area (Å²) < 4.78 is 73.5. The highest BCUT2D eigenvalue weighted by Crippen LogP contribution is 2.39. The molecular weight excluding hydrogens is 445 g/mol. The molecule has 1 atom stereocenters. The van der Waals surface area contributed by atoms with Crippen molar-refractivity contribution < 1.29 is 31.1 Å². The number of hydrogen-bond acceptors (Lipinski definition) is 5. The summed E-state index contributed by atoms with van der Waals surface area (Å²) in [7, 11) is -4.05. The van der Waals surface area contributed by atoms with Gasteiger partial charge in [-0.2, -0.15) is 0 Å². The first-order valence-electron chi connectivity index (χ1n) is 10.3. The number of rotatable bonds is 3. The molecule has 0 radical (unpaired) electrons. The van der Waals surface area contributed by atoms with E-state index in [0.29, 0.717) is 12.1 Å². The van der Waals surface area contributed by atoms with Crippen LogP contribution in [0.4, 0.5) is 13.2 Å². The molecule has 0 saturated carbocycles. The second-order valence-corrected chi connectivity index (χ2v) is 10.1.